The van der Waals surface area contributed by atoms with Crippen LogP contribution in [-0.4, -0.2) is 34.9 Å². The molecule has 2 aromatic carbocycles. The van der Waals surface area contributed by atoms with E-state index >= 15 is 0 Å². The number of carbonyl (C=O) groups is 1. The molecule has 0 saturated carbocycles. The number of rotatable bonds is 6. The third-order valence-electron chi connectivity index (χ3n) is 3.48. The summed E-state index contributed by atoms with van der Waals surface area (Å²) in [6.45, 7) is -0.823. The predicted molar refractivity (Wildman–Crippen MR) is 80.9 cm³/mol. The summed E-state index contributed by atoms with van der Waals surface area (Å²) in [4.78, 5) is 12.2. The van der Waals surface area contributed by atoms with Crippen LogP contribution in [0.2, 0.25) is 0 Å². The summed E-state index contributed by atoms with van der Waals surface area (Å²) in [6.07, 6.45) is 0.285. The second-order valence-electron chi connectivity index (χ2n) is 5.22. The number of aliphatic hydroxyl groups is 2. The van der Waals surface area contributed by atoms with E-state index in [4.69, 9.17) is 0 Å². The van der Waals surface area contributed by atoms with E-state index in [2.05, 4.69) is 5.32 Å². The largest absolute Gasteiger partial charge is 0.394 e. The van der Waals surface area contributed by atoms with E-state index < -0.39 is 30.5 Å². The Balaban J connectivity index is 2.17. The number of amides is 1. The molecule has 4 nitrogen and oxygen atoms in total. The average molecular weight is 303 g/mol. The molecule has 0 aliphatic heterocycles. The lowest BCUT2D eigenvalue weighted by Gasteiger charge is -2.31. The van der Waals surface area contributed by atoms with Crippen molar-refractivity contribution in [3.8, 4) is 0 Å². The maximum absolute atomic E-state index is 12.9. The van der Waals surface area contributed by atoms with Crippen LogP contribution in [0.1, 0.15) is 15.9 Å². The molecule has 0 atom stereocenters. The van der Waals surface area contributed by atoms with Gasteiger partial charge in [-0.3, -0.25) is 4.79 Å². The van der Waals surface area contributed by atoms with E-state index in [1.807, 2.05) is 30.3 Å². The molecule has 22 heavy (non-hydrogen) atoms. The first-order valence-corrected chi connectivity index (χ1v) is 6.92. The summed E-state index contributed by atoms with van der Waals surface area (Å²) in [5.74, 6) is -0.907. The van der Waals surface area contributed by atoms with Gasteiger partial charge in [0.25, 0.3) is 5.91 Å². The Bertz CT molecular complexity index is 610. The zero-order chi connectivity index (χ0) is 16.0. The summed E-state index contributed by atoms with van der Waals surface area (Å²) in [7, 11) is 0. The summed E-state index contributed by atoms with van der Waals surface area (Å²) in [5.41, 5.74) is -0.0296. The second kappa shape index (κ2) is 7.15. The van der Waals surface area contributed by atoms with Crippen LogP contribution in [0.15, 0.2) is 54.6 Å². The third kappa shape index (κ3) is 3.90. The van der Waals surface area contributed by atoms with Gasteiger partial charge in [0, 0.05) is 12.0 Å². The van der Waals surface area contributed by atoms with Gasteiger partial charge in [0.2, 0.25) is 0 Å². The SMILES string of the molecule is O=C(NC(CO)(CO)Cc1ccccc1)c1ccc(F)cc1. The number of aliphatic hydroxyl groups excluding tert-OH is 2. The number of hydrogen-bond acceptors (Lipinski definition) is 3. The van der Waals surface area contributed by atoms with E-state index in [1.54, 1.807) is 0 Å². The van der Waals surface area contributed by atoms with Crippen molar-refractivity contribution in [3.63, 3.8) is 0 Å². The molecule has 0 heterocycles. The van der Waals surface area contributed by atoms with Crippen molar-refractivity contribution >= 4 is 5.91 Å². The Morgan fingerprint density at radius 1 is 1.00 bits per heavy atom. The van der Waals surface area contributed by atoms with Gasteiger partial charge in [-0.2, -0.15) is 0 Å². The van der Waals surface area contributed by atoms with E-state index in [0.29, 0.717) is 0 Å². The molecular weight excluding hydrogens is 285 g/mol. The van der Waals surface area contributed by atoms with Crippen molar-refractivity contribution in [1.29, 1.82) is 0 Å². The fourth-order valence-corrected chi connectivity index (χ4v) is 2.19. The van der Waals surface area contributed by atoms with Crippen LogP contribution in [0.5, 0.6) is 0 Å². The van der Waals surface area contributed by atoms with Crippen molar-refractivity contribution in [2.75, 3.05) is 13.2 Å². The van der Waals surface area contributed by atoms with Gasteiger partial charge in [-0.25, -0.2) is 4.39 Å². The molecule has 0 aliphatic rings. The monoisotopic (exact) mass is 303 g/mol. The van der Waals surface area contributed by atoms with Gasteiger partial charge < -0.3 is 15.5 Å². The lowest BCUT2D eigenvalue weighted by Crippen LogP contribution is -2.55. The number of carbonyl (C=O) groups excluding carboxylic acids is 1. The van der Waals surface area contributed by atoms with E-state index in [9.17, 15) is 19.4 Å². The Morgan fingerprint density at radius 2 is 1.59 bits per heavy atom. The molecule has 0 aliphatic carbocycles. The molecule has 0 spiro atoms. The zero-order valence-electron chi connectivity index (χ0n) is 12.0. The molecule has 0 radical (unpaired) electrons. The summed E-state index contributed by atoms with van der Waals surface area (Å²) < 4.78 is 12.9. The number of nitrogens with one attached hydrogen (secondary N) is 1. The molecule has 0 bridgehead atoms. The average Bonchev–Trinajstić information content (AvgIpc) is 2.55. The summed E-state index contributed by atoms with van der Waals surface area (Å²) in [5, 5.41) is 21.9. The lowest BCUT2D eigenvalue weighted by atomic mass is 9.92. The first-order valence-electron chi connectivity index (χ1n) is 6.92. The van der Waals surface area contributed by atoms with Crippen LogP contribution < -0.4 is 5.32 Å². The molecule has 0 fully saturated rings. The molecule has 0 saturated heterocycles. The minimum absolute atomic E-state index is 0.265. The Morgan fingerprint density at radius 3 is 2.14 bits per heavy atom. The van der Waals surface area contributed by atoms with Gasteiger partial charge in [0.05, 0.1) is 18.8 Å². The smallest absolute Gasteiger partial charge is 0.251 e. The third-order valence-corrected chi connectivity index (χ3v) is 3.48. The van der Waals surface area contributed by atoms with E-state index in [1.165, 1.54) is 24.3 Å². The summed E-state index contributed by atoms with van der Waals surface area (Å²) in [6, 6.07) is 14.3. The predicted octanol–water partition coefficient (Wildman–Crippen LogP) is 1.52. The maximum Gasteiger partial charge on any atom is 0.251 e. The van der Waals surface area contributed by atoms with Crippen molar-refractivity contribution in [1.82, 2.24) is 5.32 Å². The van der Waals surface area contributed by atoms with Gasteiger partial charge in [0.1, 0.15) is 5.82 Å². The second-order valence-corrected chi connectivity index (χ2v) is 5.22. The molecule has 0 aromatic heterocycles. The van der Waals surface area contributed by atoms with Crippen LogP contribution in [0.25, 0.3) is 0 Å². The highest BCUT2D eigenvalue weighted by Gasteiger charge is 2.31. The lowest BCUT2D eigenvalue weighted by molar-refractivity contribution is 0.0667. The van der Waals surface area contributed by atoms with Crippen LogP contribution in [0, 0.1) is 5.82 Å². The van der Waals surface area contributed by atoms with Crippen LogP contribution in [0.3, 0.4) is 0 Å². The Hall–Kier alpha value is -2.24. The zero-order valence-corrected chi connectivity index (χ0v) is 12.0. The fraction of sp³-hybridized carbons (Fsp3) is 0.235. The molecular formula is C17H18FNO3. The molecule has 2 rings (SSSR count). The molecule has 2 aromatic rings. The van der Waals surface area contributed by atoms with Crippen molar-refractivity contribution in [2.24, 2.45) is 0 Å². The highest BCUT2D eigenvalue weighted by Crippen LogP contribution is 2.14. The topological polar surface area (TPSA) is 69.6 Å². The van der Waals surface area contributed by atoms with Gasteiger partial charge in [-0.15, -0.1) is 0 Å². The van der Waals surface area contributed by atoms with Crippen molar-refractivity contribution < 1.29 is 19.4 Å². The highest BCUT2D eigenvalue weighted by molar-refractivity contribution is 5.94. The Labute approximate surface area is 128 Å². The van der Waals surface area contributed by atoms with Gasteiger partial charge in [-0.05, 0) is 29.8 Å². The van der Waals surface area contributed by atoms with Gasteiger partial charge in [-0.1, -0.05) is 30.3 Å². The van der Waals surface area contributed by atoms with Crippen LogP contribution in [-0.2, 0) is 6.42 Å². The van der Waals surface area contributed by atoms with Crippen molar-refractivity contribution in [3.05, 3.63) is 71.5 Å². The minimum Gasteiger partial charge on any atom is -0.394 e. The molecule has 1 amide bonds. The number of benzene rings is 2. The molecule has 116 valence electrons. The Kier molecular flexibility index (Phi) is 5.25. The maximum atomic E-state index is 12.9. The first kappa shape index (κ1) is 16.1. The fourth-order valence-electron chi connectivity index (χ4n) is 2.19. The van der Waals surface area contributed by atoms with Gasteiger partial charge in [0.15, 0.2) is 0 Å². The quantitative estimate of drug-likeness (QED) is 0.758. The van der Waals surface area contributed by atoms with E-state index in [-0.39, 0.29) is 12.0 Å². The van der Waals surface area contributed by atoms with Gasteiger partial charge >= 0.3 is 0 Å². The standard InChI is InChI=1S/C17H18FNO3/c18-15-8-6-14(7-9-15)16(22)19-17(11-20,12-21)10-13-4-2-1-3-5-13/h1-9,20-21H,10-12H2,(H,19,22). The number of hydrogen-bond donors (Lipinski definition) is 3. The summed E-state index contributed by atoms with van der Waals surface area (Å²) >= 11 is 0. The highest BCUT2D eigenvalue weighted by atomic mass is 19.1. The molecule has 0 unspecified atom stereocenters. The molecule has 3 N–H and O–H groups in total. The molecule has 5 heteroatoms. The minimum atomic E-state index is -1.17. The van der Waals surface area contributed by atoms with Crippen LogP contribution >= 0.6 is 0 Å². The van der Waals surface area contributed by atoms with Crippen LogP contribution in [0.4, 0.5) is 4.39 Å². The van der Waals surface area contributed by atoms with Crippen molar-refractivity contribution in [2.45, 2.75) is 12.0 Å². The first-order chi connectivity index (χ1) is 10.6. The normalized spacial score (nSPS) is 11.2. The van der Waals surface area contributed by atoms with E-state index in [0.717, 1.165) is 5.56 Å². The number of halogens is 1.